The SMILES string of the molecule is Cc1c(NC(=O)/C(C#N)=C/c2c(Oc3ccc(Br)cc3)nc3ccccn3c2=O)c(=O)n(-c2ccccc2)n1C. The van der Waals surface area contributed by atoms with Gasteiger partial charge in [-0.05, 0) is 61.5 Å². The second-order valence-electron chi connectivity index (χ2n) is 8.68. The summed E-state index contributed by atoms with van der Waals surface area (Å²) in [6.45, 7) is 1.68. The highest BCUT2D eigenvalue weighted by molar-refractivity contribution is 9.10. The van der Waals surface area contributed by atoms with Gasteiger partial charge in [0.15, 0.2) is 0 Å². The van der Waals surface area contributed by atoms with Crippen LogP contribution in [-0.4, -0.2) is 24.7 Å². The van der Waals surface area contributed by atoms with Crippen molar-refractivity contribution in [2.75, 3.05) is 5.32 Å². The lowest BCUT2D eigenvalue weighted by Gasteiger charge is -2.10. The van der Waals surface area contributed by atoms with Gasteiger partial charge in [0.1, 0.15) is 34.3 Å². The molecule has 0 fully saturated rings. The number of nitriles is 1. The molecular formula is C29H21BrN6O4. The molecule has 3 heterocycles. The Morgan fingerprint density at radius 2 is 1.73 bits per heavy atom. The summed E-state index contributed by atoms with van der Waals surface area (Å²) in [5, 5.41) is 12.4. The zero-order chi connectivity index (χ0) is 28.4. The van der Waals surface area contributed by atoms with E-state index in [-0.39, 0.29) is 17.1 Å². The molecule has 1 amide bonds. The van der Waals surface area contributed by atoms with E-state index in [1.54, 1.807) is 85.4 Å². The normalized spacial score (nSPS) is 11.3. The van der Waals surface area contributed by atoms with Crippen molar-refractivity contribution in [1.29, 1.82) is 5.26 Å². The summed E-state index contributed by atoms with van der Waals surface area (Å²) in [5.41, 5.74) is -0.109. The number of benzene rings is 2. The van der Waals surface area contributed by atoms with Gasteiger partial charge in [-0.25, -0.2) is 4.68 Å². The lowest BCUT2D eigenvalue weighted by molar-refractivity contribution is -0.112. The number of fused-ring (bicyclic) bond motifs is 1. The van der Waals surface area contributed by atoms with E-state index in [1.807, 2.05) is 12.1 Å². The lowest BCUT2D eigenvalue weighted by atomic mass is 10.1. The number of para-hydroxylation sites is 1. The maximum Gasteiger partial charge on any atom is 0.295 e. The minimum atomic E-state index is -0.860. The number of ether oxygens (including phenoxy) is 1. The van der Waals surface area contributed by atoms with E-state index in [1.165, 1.54) is 15.3 Å². The molecule has 0 radical (unpaired) electrons. The van der Waals surface area contributed by atoms with E-state index in [2.05, 4.69) is 26.2 Å². The number of carbonyl (C=O) groups excluding carboxylic acids is 1. The van der Waals surface area contributed by atoms with Gasteiger partial charge in [0.25, 0.3) is 17.0 Å². The molecule has 0 saturated carbocycles. The van der Waals surface area contributed by atoms with Crippen LogP contribution in [0.1, 0.15) is 11.3 Å². The number of nitrogens with zero attached hydrogens (tertiary/aromatic N) is 5. The number of hydrogen-bond acceptors (Lipinski definition) is 6. The zero-order valence-corrected chi connectivity index (χ0v) is 22.9. The Morgan fingerprint density at radius 3 is 2.42 bits per heavy atom. The maximum atomic E-state index is 13.4. The average Bonchev–Trinajstić information content (AvgIpc) is 3.17. The second-order valence-corrected chi connectivity index (χ2v) is 9.60. The van der Waals surface area contributed by atoms with Crippen molar-refractivity contribution < 1.29 is 9.53 Å². The fraction of sp³-hybridized carbons (Fsp3) is 0.0690. The predicted molar refractivity (Wildman–Crippen MR) is 154 cm³/mol. The number of halogens is 1. The first-order chi connectivity index (χ1) is 19.3. The third-order valence-electron chi connectivity index (χ3n) is 6.21. The smallest absolute Gasteiger partial charge is 0.295 e. The van der Waals surface area contributed by atoms with Gasteiger partial charge in [-0.15, -0.1) is 0 Å². The first kappa shape index (κ1) is 26.4. The molecule has 2 aromatic carbocycles. The Balaban J connectivity index is 1.57. The van der Waals surface area contributed by atoms with Crippen LogP contribution in [0.2, 0.25) is 0 Å². The first-order valence-corrected chi connectivity index (χ1v) is 12.8. The maximum absolute atomic E-state index is 13.4. The number of carbonyl (C=O) groups is 1. The lowest BCUT2D eigenvalue weighted by Crippen LogP contribution is -2.24. The quantitative estimate of drug-likeness (QED) is 0.226. The van der Waals surface area contributed by atoms with Gasteiger partial charge in [-0.3, -0.25) is 23.5 Å². The van der Waals surface area contributed by atoms with E-state index in [0.717, 1.165) is 10.5 Å². The molecule has 0 bridgehead atoms. The van der Waals surface area contributed by atoms with Crippen LogP contribution in [0.4, 0.5) is 5.69 Å². The summed E-state index contributed by atoms with van der Waals surface area (Å²) < 4.78 is 11.0. The molecule has 10 nitrogen and oxygen atoms in total. The highest BCUT2D eigenvalue weighted by atomic mass is 79.9. The molecule has 0 unspecified atom stereocenters. The molecule has 198 valence electrons. The van der Waals surface area contributed by atoms with Crippen LogP contribution in [0, 0.1) is 18.3 Å². The van der Waals surface area contributed by atoms with Crippen LogP contribution >= 0.6 is 15.9 Å². The fourth-order valence-corrected chi connectivity index (χ4v) is 4.35. The van der Waals surface area contributed by atoms with E-state index in [9.17, 15) is 19.6 Å². The van der Waals surface area contributed by atoms with Crippen molar-refractivity contribution in [1.82, 2.24) is 18.7 Å². The summed E-state index contributed by atoms with van der Waals surface area (Å²) in [7, 11) is 1.69. The number of anilines is 1. The molecule has 5 rings (SSSR count). The molecule has 3 aromatic heterocycles. The van der Waals surface area contributed by atoms with E-state index in [4.69, 9.17) is 4.74 Å². The van der Waals surface area contributed by atoms with Crippen LogP contribution in [0.5, 0.6) is 11.6 Å². The van der Waals surface area contributed by atoms with Crippen molar-refractivity contribution in [3.8, 4) is 23.4 Å². The molecule has 11 heteroatoms. The third-order valence-corrected chi connectivity index (χ3v) is 6.74. The molecule has 0 aliphatic rings. The Bertz CT molecular complexity index is 1950. The number of amides is 1. The summed E-state index contributed by atoms with van der Waals surface area (Å²) >= 11 is 3.36. The number of pyridine rings is 1. The van der Waals surface area contributed by atoms with Gasteiger partial charge in [0.2, 0.25) is 5.88 Å². The van der Waals surface area contributed by atoms with Crippen LogP contribution in [0.25, 0.3) is 17.4 Å². The Labute approximate surface area is 236 Å². The molecular weight excluding hydrogens is 576 g/mol. The van der Waals surface area contributed by atoms with Gasteiger partial charge in [0.05, 0.1) is 11.4 Å². The fourth-order valence-electron chi connectivity index (χ4n) is 4.08. The molecule has 5 aromatic rings. The first-order valence-electron chi connectivity index (χ1n) is 12.0. The van der Waals surface area contributed by atoms with Gasteiger partial charge >= 0.3 is 0 Å². The summed E-state index contributed by atoms with van der Waals surface area (Å²) in [5.74, 6) is -0.545. The Hall–Kier alpha value is -5.21. The molecule has 40 heavy (non-hydrogen) atoms. The second kappa shape index (κ2) is 10.9. The largest absolute Gasteiger partial charge is 0.438 e. The molecule has 0 atom stereocenters. The van der Waals surface area contributed by atoms with Crippen molar-refractivity contribution in [2.45, 2.75) is 6.92 Å². The minimum absolute atomic E-state index is 0.0113. The standard InChI is InChI=1S/C29H21BrN6O4/c1-18-25(29(39)36(34(18)2)21-8-4-3-5-9-21)33-26(37)19(17-31)16-23-27(40-22-13-11-20(30)12-14-22)32-24-10-6-7-15-35(24)28(23)38/h3-16H,1-2H3,(H,33,37)/b19-16+. The predicted octanol–water partition coefficient (Wildman–Crippen LogP) is 4.59. The summed E-state index contributed by atoms with van der Waals surface area (Å²) in [6, 6.07) is 22.7. The van der Waals surface area contributed by atoms with Crippen molar-refractivity contribution in [3.63, 3.8) is 0 Å². The number of aromatic nitrogens is 4. The monoisotopic (exact) mass is 596 g/mol. The molecule has 0 aliphatic heterocycles. The third kappa shape index (κ3) is 4.95. The number of rotatable bonds is 6. The topological polar surface area (TPSA) is 123 Å². The van der Waals surface area contributed by atoms with Crippen LogP contribution in [-0.2, 0) is 11.8 Å². The Kier molecular flexibility index (Phi) is 7.18. The minimum Gasteiger partial charge on any atom is -0.438 e. The number of hydrogen-bond donors (Lipinski definition) is 1. The van der Waals surface area contributed by atoms with Gasteiger partial charge in [0, 0.05) is 17.7 Å². The highest BCUT2D eigenvalue weighted by Gasteiger charge is 2.22. The van der Waals surface area contributed by atoms with Crippen molar-refractivity contribution >= 4 is 39.2 Å². The van der Waals surface area contributed by atoms with Crippen molar-refractivity contribution in [3.05, 3.63) is 121 Å². The molecule has 0 aliphatic carbocycles. The highest BCUT2D eigenvalue weighted by Crippen LogP contribution is 2.26. The summed E-state index contributed by atoms with van der Waals surface area (Å²) in [6.07, 6.45) is 2.64. The van der Waals surface area contributed by atoms with E-state index < -0.39 is 22.6 Å². The van der Waals surface area contributed by atoms with Gasteiger partial charge < -0.3 is 10.1 Å². The molecule has 0 spiro atoms. The van der Waals surface area contributed by atoms with Crippen LogP contribution in [0.3, 0.4) is 0 Å². The molecule has 0 saturated heterocycles. The van der Waals surface area contributed by atoms with Crippen molar-refractivity contribution in [2.24, 2.45) is 7.05 Å². The van der Waals surface area contributed by atoms with Gasteiger partial charge in [-0.2, -0.15) is 10.2 Å². The summed E-state index contributed by atoms with van der Waals surface area (Å²) in [4.78, 5) is 44.4. The van der Waals surface area contributed by atoms with Crippen LogP contribution < -0.4 is 21.2 Å². The van der Waals surface area contributed by atoms with E-state index >= 15 is 0 Å². The number of nitrogens with one attached hydrogen (secondary N) is 1. The van der Waals surface area contributed by atoms with E-state index in [0.29, 0.717) is 22.8 Å². The van der Waals surface area contributed by atoms with Crippen LogP contribution in [0.15, 0.2) is 98.6 Å². The Morgan fingerprint density at radius 1 is 1.02 bits per heavy atom. The van der Waals surface area contributed by atoms with Gasteiger partial charge in [-0.1, -0.05) is 40.2 Å². The molecule has 1 N–H and O–H groups in total. The zero-order valence-electron chi connectivity index (χ0n) is 21.3. The average molecular weight is 597 g/mol.